The van der Waals surface area contributed by atoms with Crippen molar-refractivity contribution in [3.8, 4) is 11.5 Å². The van der Waals surface area contributed by atoms with E-state index < -0.39 is 0 Å². The number of hydrogen-bond acceptors (Lipinski definition) is 2. The van der Waals surface area contributed by atoms with Crippen molar-refractivity contribution in [2.75, 3.05) is 0 Å². The highest BCUT2D eigenvalue weighted by Gasteiger charge is 2.12. The molecule has 0 aliphatic heterocycles. The molecule has 98 valence electrons. The van der Waals surface area contributed by atoms with E-state index in [1.807, 2.05) is 13.1 Å². The summed E-state index contributed by atoms with van der Waals surface area (Å²) in [6.45, 7) is 2.05. The van der Waals surface area contributed by atoms with Gasteiger partial charge in [0.1, 0.15) is 11.5 Å². The Hall–Kier alpha value is -1.69. The van der Waals surface area contributed by atoms with Crippen LogP contribution >= 0.6 is 15.9 Å². The van der Waals surface area contributed by atoms with Gasteiger partial charge in [-0.05, 0) is 34.5 Å². The highest BCUT2D eigenvalue weighted by Crippen LogP contribution is 2.25. The van der Waals surface area contributed by atoms with E-state index in [2.05, 4.69) is 37.9 Å². The molecule has 0 aliphatic carbocycles. The van der Waals surface area contributed by atoms with E-state index in [9.17, 15) is 4.39 Å². The van der Waals surface area contributed by atoms with E-state index in [0.717, 1.165) is 23.3 Å². The van der Waals surface area contributed by atoms with Gasteiger partial charge < -0.3 is 4.98 Å². The number of halogens is 2. The van der Waals surface area contributed by atoms with Gasteiger partial charge >= 0.3 is 0 Å². The maximum absolute atomic E-state index is 13.5. The first-order valence-electron chi connectivity index (χ1n) is 5.96. The van der Waals surface area contributed by atoms with Crippen LogP contribution in [0.15, 0.2) is 22.7 Å². The topological polar surface area (TPSA) is 46.5 Å². The Balaban J connectivity index is 2.17. The molecule has 0 saturated carbocycles. The van der Waals surface area contributed by atoms with Gasteiger partial charge in [0.15, 0.2) is 5.82 Å². The summed E-state index contributed by atoms with van der Waals surface area (Å²) < 4.78 is 15.7. The van der Waals surface area contributed by atoms with Crippen LogP contribution in [0.5, 0.6) is 0 Å². The average Bonchev–Trinajstić information content (AvgIpc) is 2.93. The summed E-state index contributed by atoms with van der Waals surface area (Å²) in [6, 6.07) is 5.10. The third-order valence-electron chi connectivity index (χ3n) is 3.06. The standard InChI is InChI=1S/C13H12BrFN4/c1-3-7-4-12(19(2)18-7)13-16-10-5-8(14)9(15)6-11(10)17-13/h4-6H,3H2,1-2H3,(H,16,17). The molecule has 0 spiro atoms. The number of rotatable bonds is 2. The van der Waals surface area contributed by atoms with Gasteiger partial charge in [0, 0.05) is 13.1 Å². The molecular weight excluding hydrogens is 311 g/mol. The van der Waals surface area contributed by atoms with Crippen LogP contribution in [0, 0.1) is 5.82 Å². The number of imidazole rings is 1. The number of aromatic amines is 1. The van der Waals surface area contributed by atoms with Gasteiger partial charge in [-0.15, -0.1) is 0 Å². The zero-order chi connectivity index (χ0) is 13.6. The van der Waals surface area contributed by atoms with Gasteiger partial charge in [-0.3, -0.25) is 4.68 Å². The quantitative estimate of drug-likeness (QED) is 0.785. The average molecular weight is 323 g/mol. The van der Waals surface area contributed by atoms with Crippen LogP contribution in [-0.4, -0.2) is 19.7 Å². The van der Waals surface area contributed by atoms with Crippen LogP contribution in [-0.2, 0) is 13.5 Å². The predicted molar refractivity (Wildman–Crippen MR) is 75.3 cm³/mol. The molecule has 0 amide bonds. The molecule has 0 saturated heterocycles. The first-order valence-corrected chi connectivity index (χ1v) is 6.76. The summed E-state index contributed by atoms with van der Waals surface area (Å²) in [5.41, 5.74) is 3.30. The number of nitrogens with zero attached hydrogens (tertiary/aromatic N) is 3. The molecule has 4 nitrogen and oxygen atoms in total. The lowest BCUT2D eigenvalue weighted by atomic mass is 10.3. The fraction of sp³-hybridized carbons (Fsp3) is 0.231. The number of fused-ring (bicyclic) bond motifs is 1. The lowest BCUT2D eigenvalue weighted by Crippen LogP contribution is -1.95. The molecule has 0 aliphatic rings. The summed E-state index contributed by atoms with van der Waals surface area (Å²) in [5.74, 6) is 0.393. The van der Waals surface area contributed by atoms with Crippen molar-refractivity contribution >= 4 is 27.0 Å². The van der Waals surface area contributed by atoms with Crippen molar-refractivity contribution in [2.45, 2.75) is 13.3 Å². The summed E-state index contributed by atoms with van der Waals surface area (Å²) in [4.78, 5) is 7.61. The zero-order valence-corrected chi connectivity index (χ0v) is 12.1. The van der Waals surface area contributed by atoms with E-state index in [1.54, 1.807) is 10.7 Å². The van der Waals surface area contributed by atoms with Gasteiger partial charge in [-0.1, -0.05) is 6.92 Å². The van der Waals surface area contributed by atoms with Gasteiger partial charge in [0.05, 0.1) is 21.2 Å². The maximum atomic E-state index is 13.5. The highest BCUT2D eigenvalue weighted by atomic mass is 79.9. The van der Waals surface area contributed by atoms with E-state index in [4.69, 9.17) is 0 Å². The van der Waals surface area contributed by atoms with E-state index in [0.29, 0.717) is 15.8 Å². The maximum Gasteiger partial charge on any atom is 0.156 e. The van der Waals surface area contributed by atoms with Crippen LogP contribution in [0.3, 0.4) is 0 Å². The predicted octanol–water partition coefficient (Wildman–Crippen LogP) is 3.43. The molecule has 2 aromatic heterocycles. The molecule has 0 fully saturated rings. The molecule has 1 N–H and O–H groups in total. The third-order valence-corrected chi connectivity index (χ3v) is 3.67. The van der Waals surface area contributed by atoms with Crippen molar-refractivity contribution in [2.24, 2.45) is 7.05 Å². The molecule has 0 unspecified atom stereocenters. The number of aryl methyl sites for hydroxylation is 2. The first-order chi connectivity index (χ1) is 9.08. The largest absolute Gasteiger partial charge is 0.337 e. The zero-order valence-electron chi connectivity index (χ0n) is 10.5. The Labute approximate surface area is 117 Å². The van der Waals surface area contributed by atoms with Gasteiger partial charge in [-0.2, -0.15) is 5.10 Å². The minimum absolute atomic E-state index is 0.304. The Kier molecular flexibility index (Phi) is 2.89. The van der Waals surface area contributed by atoms with Gasteiger partial charge in [-0.25, -0.2) is 9.37 Å². The molecule has 3 rings (SSSR count). The minimum Gasteiger partial charge on any atom is -0.337 e. The van der Waals surface area contributed by atoms with Crippen molar-refractivity contribution < 1.29 is 4.39 Å². The van der Waals surface area contributed by atoms with Crippen molar-refractivity contribution in [3.05, 3.63) is 34.2 Å². The van der Waals surface area contributed by atoms with Crippen LogP contribution < -0.4 is 0 Å². The number of hydrogen-bond donors (Lipinski definition) is 1. The highest BCUT2D eigenvalue weighted by molar-refractivity contribution is 9.10. The second kappa shape index (κ2) is 4.45. The van der Waals surface area contributed by atoms with Crippen molar-refractivity contribution in [1.29, 1.82) is 0 Å². The smallest absolute Gasteiger partial charge is 0.156 e. The lowest BCUT2D eigenvalue weighted by Gasteiger charge is -1.95. The molecule has 0 radical (unpaired) electrons. The fourth-order valence-corrected chi connectivity index (χ4v) is 2.38. The van der Waals surface area contributed by atoms with Crippen LogP contribution in [0.1, 0.15) is 12.6 Å². The molecule has 1 aromatic carbocycles. The van der Waals surface area contributed by atoms with E-state index >= 15 is 0 Å². The third kappa shape index (κ3) is 2.06. The van der Waals surface area contributed by atoms with Gasteiger partial charge in [0.25, 0.3) is 0 Å². The number of benzene rings is 1. The summed E-state index contributed by atoms with van der Waals surface area (Å²) in [7, 11) is 1.87. The molecule has 3 aromatic rings. The van der Waals surface area contributed by atoms with Crippen LogP contribution in [0.25, 0.3) is 22.6 Å². The molecule has 2 heterocycles. The minimum atomic E-state index is -0.304. The van der Waals surface area contributed by atoms with Crippen molar-refractivity contribution in [1.82, 2.24) is 19.7 Å². The van der Waals surface area contributed by atoms with E-state index in [-0.39, 0.29) is 5.82 Å². The normalized spacial score (nSPS) is 11.4. The van der Waals surface area contributed by atoms with Gasteiger partial charge in [0.2, 0.25) is 0 Å². The SMILES string of the molecule is CCc1cc(-c2nc3cc(Br)c(F)cc3[nH]2)n(C)n1. The summed E-state index contributed by atoms with van der Waals surface area (Å²) >= 11 is 3.17. The number of nitrogens with one attached hydrogen (secondary N) is 1. The van der Waals surface area contributed by atoms with Crippen molar-refractivity contribution in [3.63, 3.8) is 0 Å². The summed E-state index contributed by atoms with van der Waals surface area (Å²) in [5, 5.41) is 4.38. The fourth-order valence-electron chi connectivity index (χ4n) is 2.05. The Morgan fingerprint density at radius 2 is 2.16 bits per heavy atom. The number of H-pyrrole nitrogens is 1. The molecular formula is C13H12BrFN4. The molecule has 6 heteroatoms. The Bertz CT molecular complexity index is 720. The number of aromatic nitrogens is 4. The van der Waals surface area contributed by atoms with E-state index in [1.165, 1.54) is 6.07 Å². The Morgan fingerprint density at radius 1 is 1.37 bits per heavy atom. The second-order valence-corrected chi connectivity index (χ2v) is 5.22. The monoisotopic (exact) mass is 322 g/mol. The molecule has 0 atom stereocenters. The lowest BCUT2D eigenvalue weighted by molar-refractivity contribution is 0.623. The summed E-state index contributed by atoms with van der Waals surface area (Å²) in [6.07, 6.45) is 0.869. The van der Waals surface area contributed by atoms with Crippen LogP contribution in [0.4, 0.5) is 4.39 Å². The Morgan fingerprint density at radius 3 is 2.84 bits per heavy atom. The van der Waals surface area contributed by atoms with Crippen LogP contribution in [0.2, 0.25) is 0 Å². The second-order valence-electron chi connectivity index (χ2n) is 4.37. The first kappa shape index (κ1) is 12.3. The molecule has 0 bridgehead atoms. The molecule has 19 heavy (non-hydrogen) atoms.